The highest BCUT2D eigenvalue weighted by Gasteiger charge is 2.25. The summed E-state index contributed by atoms with van der Waals surface area (Å²) in [6, 6.07) is 4.21. The van der Waals surface area contributed by atoms with Gasteiger partial charge in [0, 0.05) is 17.1 Å². The smallest absolute Gasteiger partial charge is 0.161 e. The van der Waals surface area contributed by atoms with Gasteiger partial charge in [-0.25, -0.2) is 0 Å². The Kier molecular flexibility index (Phi) is 5.07. The molecular formula is C14H21BrN2O2. The number of benzene rings is 1. The van der Waals surface area contributed by atoms with Gasteiger partial charge in [-0.3, -0.25) is 4.90 Å². The van der Waals surface area contributed by atoms with Crippen LogP contribution in [0.3, 0.4) is 0 Å². The van der Waals surface area contributed by atoms with Crippen molar-refractivity contribution in [2.45, 2.75) is 18.9 Å². The fourth-order valence-electron chi connectivity index (χ4n) is 2.65. The van der Waals surface area contributed by atoms with E-state index in [1.165, 1.54) is 18.4 Å². The molecular weight excluding hydrogens is 308 g/mol. The number of ether oxygens (including phenoxy) is 2. The zero-order valence-electron chi connectivity index (χ0n) is 11.5. The Morgan fingerprint density at radius 3 is 2.32 bits per heavy atom. The summed E-state index contributed by atoms with van der Waals surface area (Å²) in [7, 11) is 3.30. The van der Waals surface area contributed by atoms with Gasteiger partial charge in [-0.2, -0.15) is 0 Å². The van der Waals surface area contributed by atoms with Gasteiger partial charge in [-0.05, 0) is 43.6 Å². The molecule has 1 atom stereocenters. The van der Waals surface area contributed by atoms with Crippen LogP contribution in [0.5, 0.6) is 11.5 Å². The Labute approximate surface area is 123 Å². The Morgan fingerprint density at radius 2 is 1.79 bits per heavy atom. The van der Waals surface area contributed by atoms with Crippen molar-refractivity contribution >= 4 is 15.9 Å². The average molecular weight is 329 g/mol. The molecule has 0 aromatic heterocycles. The summed E-state index contributed by atoms with van der Waals surface area (Å²) in [6.07, 6.45) is 2.50. The van der Waals surface area contributed by atoms with Gasteiger partial charge in [-0.1, -0.05) is 15.9 Å². The second-order valence-corrected chi connectivity index (χ2v) is 5.58. The molecule has 5 heteroatoms. The summed E-state index contributed by atoms with van der Waals surface area (Å²) in [6.45, 7) is 2.83. The summed E-state index contributed by atoms with van der Waals surface area (Å²) in [5.41, 5.74) is 7.15. The van der Waals surface area contributed by atoms with E-state index in [9.17, 15) is 0 Å². The Bertz CT molecular complexity index is 434. The molecule has 2 rings (SSSR count). The van der Waals surface area contributed by atoms with E-state index >= 15 is 0 Å². The van der Waals surface area contributed by atoms with E-state index in [4.69, 9.17) is 15.2 Å². The van der Waals surface area contributed by atoms with Crippen molar-refractivity contribution in [1.29, 1.82) is 0 Å². The van der Waals surface area contributed by atoms with E-state index in [0.29, 0.717) is 6.54 Å². The third-order valence-electron chi connectivity index (χ3n) is 3.67. The van der Waals surface area contributed by atoms with Crippen LogP contribution in [0.2, 0.25) is 0 Å². The van der Waals surface area contributed by atoms with Crippen molar-refractivity contribution in [3.05, 3.63) is 22.2 Å². The highest BCUT2D eigenvalue weighted by atomic mass is 79.9. The van der Waals surface area contributed by atoms with E-state index in [1.54, 1.807) is 14.2 Å². The molecule has 0 saturated carbocycles. The number of hydrogen-bond acceptors (Lipinski definition) is 4. The number of methoxy groups -OCH3 is 2. The Hall–Kier alpha value is -0.780. The molecule has 1 aliphatic rings. The second-order valence-electron chi connectivity index (χ2n) is 4.72. The molecule has 0 spiro atoms. The maximum absolute atomic E-state index is 5.98. The van der Waals surface area contributed by atoms with Crippen LogP contribution in [-0.4, -0.2) is 38.8 Å². The Balaban J connectivity index is 2.36. The highest BCUT2D eigenvalue weighted by molar-refractivity contribution is 9.10. The van der Waals surface area contributed by atoms with Crippen LogP contribution in [0.25, 0.3) is 0 Å². The predicted molar refractivity (Wildman–Crippen MR) is 79.8 cm³/mol. The van der Waals surface area contributed by atoms with Gasteiger partial charge >= 0.3 is 0 Å². The summed E-state index contributed by atoms with van der Waals surface area (Å²) >= 11 is 3.62. The van der Waals surface area contributed by atoms with Crippen LogP contribution in [-0.2, 0) is 0 Å². The lowest BCUT2D eigenvalue weighted by atomic mass is 10.0. The first kappa shape index (κ1) is 14.6. The molecule has 1 fully saturated rings. The molecule has 1 aliphatic heterocycles. The number of hydrogen-bond donors (Lipinski definition) is 1. The largest absolute Gasteiger partial charge is 0.493 e. The van der Waals surface area contributed by atoms with Crippen molar-refractivity contribution < 1.29 is 9.47 Å². The Morgan fingerprint density at radius 1 is 1.21 bits per heavy atom. The number of likely N-dealkylation sites (tertiary alicyclic amines) is 1. The zero-order valence-corrected chi connectivity index (χ0v) is 13.1. The van der Waals surface area contributed by atoms with Gasteiger partial charge in [0.25, 0.3) is 0 Å². The van der Waals surface area contributed by atoms with Crippen LogP contribution in [0.1, 0.15) is 24.4 Å². The van der Waals surface area contributed by atoms with Crippen molar-refractivity contribution in [2.75, 3.05) is 33.9 Å². The molecule has 19 heavy (non-hydrogen) atoms. The minimum absolute atomic E-state index is 0.233. The van der Waals surface area contributed by atoms with E-state index in [-0.39, 0.29) is 6.04 Å². The van der Waals surface area contributed by atoms with Crippen LogP contribution in [0, 0.1) is 0 Å². The van der Waals surface area contributed by atoms with E-state index in [1.807, 2.05) is 12.1 Å². The molecule has 0 bridgehead atoms. The zero-order chi connectivity index (χ0) is 13.8. The van der Waals surface area contributed by atoms with Crippen molar-refractivity contribution in [3.63, 3.8) is 0 Å². The molecule has 0 radical (unpaired) electrons. The van der Waals surface area contributed by atoms with Gasteiger partial charge in [0.2, 0.25) is 0 Å². The van der Waals surface area contributed by atoms with Crippen molar-refractivity contribution in [3.8, 4) is 11.5 Å². The van der Waals surface area contributed by atoms with E-state index in [0.717, 1.165) is 29.1 Å². The first-order chi connectivity index (χ1) is 9.21. The minimum Gasteiger partial charge on any atom is -0.493 e. The minimum atomic E-state index is 0.233. The summed E-state index contributed by atoms with van der Waals surface area (Å²) < 4.78 is 11.7. The van der Waals surface area contributed by atoms with Crippen LogP contribution >= 0.6 is 15.9 Å². The first-order valence-electron chi connectivity index (χ1n) is 6.56. The van der Waals surface area contributed by atoms with Crippen LogP contribution < -0.4 is 15.2 Å². The normalized spacial score (nSPS) is 17.5. The maximum atomic E-state index is 5.98. The number of halogens is 1. The lowest BCUT2D eigenvalue weighted by molar-refractivity contribution is 0.249. The topological polar surface area (TPSA) is 47.7 Å². The quantitative estimate of drug-likeness (QED) is 0.902. The molecule has 1 saturated heterocycles. The van der Waals surface area contributed by atoms with Gasteiger partial charge < -0.3 is 15.2 Å². The third-order valence-corrected chi connectivity index (χ3v) is 4.35. The number of rotatable bonds is 5. The van der Waals surface area contributed by atoms with Gasteiger partial charge in [-0.15, -0.1) is 0 Å². The molecule has 4 nitrogen and oxygen atoms in total. The SMILES string of the molecule is COc1cc(Br)c(C(CN)N2CCCC2)cc1OC. The van der Waals surface area contributed by atoms with Crippen LogP contribution in [0.4, 0.5) is 0 Å². The third kappa shape index (κ3) is 3.04. The fourth-order valence-corrected chi connectivity index (χ4v) is 3.24. The number of nitrogens with zero attached hydrogens (tertiary/aromatic N) is 1. The van der Waals surface area contributed by atoms with Crippen molar-refractivity contribution in [2.24, 2.45) is 5.73 Å². The molecule has 0 amide bonds. The van der Waals surface area contributed by atoms with Crippen molar-refractivity contribution in [1.82, 2.24) is 4.90 Å². The second kappa shape index (κ2) is 6.59. The van der Waals surface area contributed by atoms with Gasteiger partial charge in [0.05, 0.1) is 14.2 Å². The molecule has 1 unspecified atom stereocenters. The molecule has 1 aromatic carbocycles. The van der Waals surface area contributed by atoms with Crippen LogP contribution in [0.15, 0.2) is 16.6 Å². The summed E-state index contributed by atoms with van der Waals surface area (Å²) in [5.74, 6) is 1.48. The first-order valence-corrected chi connectivity index (χ1v) is 7.36. The maximum Gasteiger partial charge on any atom is 0.161 e. The van der Waals surface area contributed by atoms with Gasteiger partial charge in [0.1, 0.15) is 0 Å². The molecule has 106 valence electrons. The van der Waals surface area contributed by atoms with Gasteiger partial charge in [0.15, 0.2) is 11.5 Å². The van der Waals surface area contributed by atoms with E-state index < -0.39 is 0 Å². The highest BCUT2D eigenvalue weighted by Crippen LogP contribution is 2.38. The molecule has 0 aliphatic carbocycles. The standard InChI is InChI=1S/C14H21BrN2O2/c1-18-13-7-10(11(15)8-14(13)19-2)12(9-16)17-5-3-4-6-17/h7-8,12H,3-6,9,16H2,1-2H3. The average Bonchev–Trinajstić information content (AvgIpc) is 2.94. The molecule has 1 heterocycles. The predicted octanol–water partition coefficient (Wildman–Crippen LogP) is 2.56. The lowest BCUT2D eigenvalue weighted by Gasteiger charge is -2.28. The monoisotopic (exact) mass is 328 g/mol. The molecule has 1 aromatic rings. The summed E-state index contributed by atoms with van der Waals surface area (Å²) in [5, 5.41) is 0. The van der Waals surface area contributed by atoms with E-state index in [2.05, 4.69) is 20.8 Å². The summed E-state index contributed by atoms with van der Waals surface area (Å²) in [4.78, 5) is 2.44. The number of nitrogens with two attached hydrogens (primary N) is 1. The fraction of sp³-hybridized carbons (Fsp3) is 0.571. The lowest BCUT2D eigenvalue weighted by Crippen LogP contribution is -2.31. The molecule has 2 N–H and O–H groups in total.